The lowest BCUT2D eigenvalue weighted by Gasteiger charge is -2.10. The van der Waals surface area contributed by atoms with Gasteiger partial charge < -0.3 is 9.30 Å². The van der Waals surface area contributed by atoms with E-state index in [9.17, 15) is 10.1 Å². The number of aromatic nitrogens is 4. The number of carbonyl (C=O) groups excluding carboxylic acids is 1. The van der Waals surface area contributed by atoms with Gasteiger partial charge in [-0.05, 0) is 13.0 Å². The first-order chi connectivity index (χ1) is 12.7. The lowest BCUT2D eigenvalue weighted by atomic mass is 9.99. The summed E-state index contributed by atoms with van der Waals surface area (Å²) in [4.78, 5) is 16.9. The van der Waals surface area contributed by atoms with E-state index < -0.39 is 5.92 Å². The summed E-state index contributed by atoms with van der Waals surface area (Å²) in [5.41, 5.74) is 1.21. The van der Waals surface area contributed by atoms with Gasteiger partial charge in [-0.3, -0.25) is 4.79 Å². The van der Waals surface area contributed by atoms with E-state index in [0.717, 1.165) is 5.56 Å². The van der Waals surface area contributed by atoms with Gasteiger partial charge in [0.1, 0.15) is 0 Å². The van der Waals surface area contributed by atoms with Crippen LogP contribution in [0.1, 0.15) is 29.0 Å². The van der Waals surface area contributed by atoms with Crippen molar-refractivity contribution >= 4 is 5.78 Å². The largest absolute Gasteiger partial charge is 0.478 e. The normalized spacial score (nSPS) is 11.6. The second kappa shape index (κ2) is 7.57. The lowest BCUT2D eigenvalue weighted by Crippen LogP contribution is -2.16. The molecule has 7 nitrogen and oxygen atoms in total. The summed E-state index contributed by atoms with van der Waals surface area (Å²) in [6.45, 7) is 2.27. The summed E-state index contributed by atoms with van der Waals surface area (Å²) < 4.78 is 6.99. The molecule has 2 heterocycles. The minimum atomic E-state index is -1.07. The highest BCUT2D eigenvalue weighted by molar-refractivity contribution is 6.02. The Hall–Kier alpha value is -3.53. The van der Waals surface area contributed by atoms with E-state index >= 15 is 0 Å². The van der Waals surface area contributed by atoms with Crippen molar-refractivity contribution in [3.8, 4) is 23.3 Å². The molecule has 3 rings (SSSR count). The standard InChI is InChI=1S/C19H17N5O2/c1-3-26-16-11-14(9-10-21-16)17(25)15(12-20)19-23-22-18(24(19)2)13-7-5-4-6-8-13/h4-11,15H,3H2,1-2H3/t15-/m0/s1. The predicted octanol–water partition coefficient (Wildman–Crippen LogP) is 2.77. The topological polar surface area (TPSA) is 93.7 Å². The second-order valence-electron chi connectivity index (χ2n) is 5.55. The smallest absolute Gasteiger partial charge is 0.213 e. The molecule has 26 heavy (non-hydrogen) atoms. The Morgan fingerprint density at radius 2 is 2.04 bits per heavy atom. The highest BCUT2D eigenvalue weighted by Crippen LogP contribution is 2.24. The molecule has 0 aliphatic carbocycles. The Balaban J connectivity index is 1.95. The van der Waals surface area contributed by atoms with E-state index in [0.29, 0.717) is 29.7 Å². The minimum Gasteiger partial charge on any atom is -0.478 e. The molecular weight excluding hydrogens is 330 g/mol. The van der Waals surface area contributed by atoms with Crippen LogP contribution in [-0.2, 0) is 7.05 Å². The van der Waals surface area contributed by atoms with Gasteiger partial charge in [-0.15, -0.1) is 10.2 Å². The van der Waals surface area contributed by atoms with Crippen molar-refractivity contribution in [1.82, 2.24) is 19.7 Å². The Morgan fingerprint density at radius 3 is 2.73 bits per heavy atom. The number of rotatable bonds is 6. The molecule has 130 valence electrons. The van der Waals surface area contributed by atoms with Crippen LogP contribution in [0.3, 0.4) is 0 Å². The molecule has 0 saturated heterocycles. The maximum absolute atomic E-state index is 12.8. The van der Waals surface area contributed by atoms with Crippen molar-refractivity contribution in [2.75, 3.05) is 6.61 Å². The third-order valence-corrected chi connectivity index (χ3v) is 3.90. The average Bonchev–Trinajstić information content (AvgIpc) is 3.05. The molecule has 1 aromatic carbocycles. The maximum atomic E-state index is 12.8. The van der Waals surface area contributed by atoms with Crippen LogP contribution in [0.2, 0.25) is 0 Å². The van der Waals surface area contributed by atoms with E-state index in [1.165, 1.54) is 12.3 Å². The zero-order chi connectivity index (χ0) is 18.5. The molecule has 0 aliphatic heterocycles. The summed E-state index contributed by atoms with van der Waals surface area (Å²) in [7, 11) is 1.74. The fourth-order valence-electron chi connectivity index (χ4n) is 2.62. The lowest BCUT2D eigenvalue weighted by molar-refractivity contribution is 0.0974. The SMILES string of the molecule is CCOc1cc(C(=O)[C@H](C#N)c2nnc(-c3ccccc3)n2C)ccn1. The van der Waals surface area contributed by atoms with Crippen LogP contribution < -0.4 is 4.74 Å². The molecule has 3 aromatic rings. The monoisotopic (exact) mass is 347 g/mol. The first-order valence-corrected chi connectivity index (χ1v) is 8.13. The van der Waals surface area contributed by atoms with Gasteiger partial charge in [0.05, 0.1) is 12.7 Å². The average molecular weight is 347 g/mol. The fourth-order valence-corrected chi connectivity index (χ4v) is 2.62. The van der Waals surface area contributed by atoms with Gasteiger partial charge in [-0.1, -0.05) is 30.3 Å². The van der Waals surface area contributed by atoms with Crippen LogP contribution in [0.5, 0.6) is 5.88 Å². The number of carbonyl (C=O) groups is 1. The van der Waals surface area contributed by atoms with Gasteiger partial charge in [-0.2, -0.15) is 5.26 Å². The molecule has 0 N–H and O–H groups in total. The van der Waals surface area contributed by atoms with Crippen LogP contribution in [0.15, 0.2) is 48.7 Å². The number of ketones is 1. The van der Waals surface area contributed by atoms with E-state index in [1.807, 2.05) is 43.3 Å². The highest BCUT2D eigenvalue weighted by atomic mass is 16.5. The Bertz CT molecular complexity index is 960. The first-order valence-electron chi connectivity index (χ1n) is 8.13. The van der Waals surface area contributed by atoms with Crippen LogP contribution in [0.25, 0.3) is 11.4 Å². The summed E-state index contributed by atoms with van der Waals surface area (Å²) in [5.74, 6) is -0.199. The number of pyridine rings is 1. The summed E-state index contributed by atoms with van der Waals surface area (Å²) in [5, 5.41) is 17.8. The van der Waals surface area contributed by atoms with Crippen LogP contribution in [0.4, 0.5) is 0 Å². The zero-order valence-electron chi connectivity index (χ0n) is 14.5. The zero-order valence-corrected chi connectivity index (χ0v) is 14.5. The Labute approximate surface area is 150 Å². The van der Waals surface area contributed by atoms with Gasteiger partial charge in [0.2, 0.25) is 5.88 Å². The molecule has 0 radical (unpaired) electrons. The number of benzene rings is 1. The summed E-state index contributed by atoms with van der Waals surface area (Å²) >= 11 is 0. The number of ether oxygens (including phenoxy) is 1. The fraction of sp³-hybridized carbons (Fsp3) is 0.211. The summed E-state index contributed by atoms with van der Waals surface area (Å²) in [6, 6.07) is 14.6. The van der Waals surface area contributed by atoms with Gasteiger partial charge in [0.25, 0.3) is 0 Å². The van der Waals surface area contributed by atoms with Gasteiger partial charge in [0.15, 0.2) is 23.3 Å². The van der Waals surface area contributed by atoms with E-state index in [-0.39, 0.29) is 5.78 Å². The molecule has 0 amide bonds. The van der Waals surface area contributed by atoms with Crippen LogP contribution >= 0.6 is 0 Å². The molecule has 1 atom stereocenters. The third-order valence-electron chi connectivity index (χ3n) is 3.90. The predicted molar refractivity (Wildman–Crippen MR) is 94.5 cm³/mol. The number of hydrogen-bond acceptors (Lipinski definition) is 6. The number of hydrogen-bond donors (Lipinski definition) is 0. The molecule has 0 aliphatic rings. The van der Waals surface area contributed by atoms with E-state index in [1.54, 1.807) is 17.7 Å². The number of Topliss-reactive ketones (excluding diaryl/α,β-unsaturated/α-hetero) is 1. The number of nitriles is 1. The quantitative estimate of drug-likeness (QED) is 0.637. The third kappa shape index (κ3) is 3.30. The molecular formula is C19H17N5O2. The van der Waals surface area contributed by atoms with Gasteiger partial charge >= 0.3 is 0 Å². The van der Waals surface area contributed by atoms with Crippen LogP contribution in [-0.4, -0.2) is 32.1 Å². The van der Waals surface area contributed by atoms with Crippen molar-refractivity contribution in [2.45, 2.75) is 12.8 Å². The molecule has 0 unspecified atom stereocenters. The highest BCUT2D eigenvalue weighted by Gasteiger charge is 2.28. The van der Waals surface area contributed by atoms with Gasteiger partial charge in [-0.25, -0.2) is 4.98 Å². The molecule has 0 fully saturated rings. The van der Waals surface area contributed by atoms with Crippen molar-refractivity contribution in [3.05, 3.63) is 60.0 Å². The Morgan fingerprint density at radius 1 is 1.27 bits per heavy atom. The van der Waals surface area contributed by atoms with E-state index in [2.05, 4.69) is 15.2 Å². The molecule has 7 heteroatoms. The van der Waals surface area contributed by atoms with Crippen molar-refractivity contribution < 1.29 is 9.53 Å². The van der Waals surface area contributed by atoms with Crippen molar-refractivity contribution in [2.24, 2.45) is 7.05 Å². The first kappa shape index (κ1) is 17.3. The van der Waals surface area contributed by atoms with Crippen LogP contribution in [0, 0.1) is 11.3 Å². The Kier molecular flexibility index (Phi) is 5.04. The van der Waals surface area contributed by atoms with Gasteiger partial charge in [0, 0.05) is 30.4 Å². The molecule has 0 spiro atoms. The second-order valence-corrected chi connectivity index (χ2v) is 5.55. The van der Waals surface area contributed by atoms with Crippen molar-refractivity contribution in [3.63, 3.8) is 0 Å². The molecule has 0 saturated carbocycles. The molecule has 2 aromatic heterocycles. The molecule has 0 bridgehead atoms. The van der Waals surface area contributed by atoms with E-state index in [4.69, 9.17) is 4.74 Å². The summed E-state index contributed by atoms with van der Waals surface area (Å²) in [6.07, 6.45) is 1.48. The van der Waals surface area contributed by atoms with Crippen molar-refractivity contribution in [1.29, 1.82) is 5.26 Å². The maximum Gasteiger partial charge on any atom is 0.213 e. The number of nitrogens with zero attached hydrogens (tertiary/aromatic N) is 5. The minimum absolute atomic E-state index is 0.297.